The molecule has 1 N–H and O–H groups in total. The van der Waals surface area contributed by atoms with E-state index in [1.54, 1.807) is 0 Å². The molecule has 0 spiro atoms. The van der Waals surface area contributed by atoms with Crippen LogP contribution in [0.15, 0.2) is 42.5 Å². The molecule has 0 unspecified atom stereocenters. The fourth-order valence-corrected chi connectivity index (χ4v) is 7.21. The predicted octanol–water partition coefficient (Wildman–Crippen LogP) is 7.01. The van der Waals surface area contributed by atoms with Gasteiger partial charge in [-0.15, -0.1) is 0 Å². The Labute approximate surface area is 197 Å². The van der Waals surface area contributed by atoms with Gasteiger partial charge in [-0.25, -0.2) is 0 Å². The first-order chi connectivity index (χ1) is 15.5. The van der Waals surface area contributed by atoms with Crippen LogP contribution in [0, 0.1) is 23.2 Å². The van der Waals surface area contributed by atoms with E-state index >= 15 is 0 Å². The fraction of sp³-hybridized carbons (Fsp3) is 0.571. The molecule has 2 aromatic rings. The summed E-state index contributed by atoms with van der Waals surface area (Å²) in [6, 6.07) is 14.7. The highest BCUT2D eigenvalue weighted by atomic mass is 35.5. The van der Waals surface area contributed by atoms with Gasteiger partial charge in [0.25, 0.3) is 0 Å². The summed E-state index contributed by atoms with van der Waals surface area (Å²) in [5.41, 5.74) is 2.75. The maximum absolute atomic E-state index is 6.28. The molecule has 4 heteroatoms. The van der Waals surface area contributed by atoms with Gasteiger partial charge in [0.05, 0.1) is 6.61 Å². The van der Waals surface area contributed by atoms with Crippen molar-refractivity contribution >= 4 is 11.6 Å². The van der Waals surface area contributed by atoms with E-state index in [4.69, 9.17) is 21.1 Å². The minimum Gasteiger partial charge on any atom is -0.490 e. The monoisotopic (exact) mass is 453 g/mol. The zero-order chi connectivity index (χ0) is 22.1. The van der Waals surface area contributed by atoms with Crippen molar-refractivity contribution in [3.8, 4) is 11.5 Å². The summed E-state index contributed by atoms with van der Waals surface area (Å²) in [5, 5.41) is 4.62. The quantitative estimate of drug-likeness (QED) is 0.442. The smallest absolute Gasteiger partial charge is 0.161 e. The van der Waals surface area contributed by atoms with Crippen LogP contribution in [0.3, 0.4) is 0 Å². The lowest BCUT2D eigenvalue weighted by Crippen LogP contribution is -2.54. The van der Waals surface area contributed by atoms with E-state index in [9.17, 15) is 0 Å². The minimum absolute atomic E-state index is 0.431. The highest BCUT2D eigenvalue weighted by Gasteiger charge is 2.52. The van der Waals surface area contributed by atoms with Gasteiger partial charge in [0.1, 0.15) is 6.61 Å². The number of hydrogen-bond acceptors (Lipinski definition) is 3. The van der Waals surface area contributed by atoms with Crippen LogP contribution in [-0.2, 0) is 13.2 Å². The maximum Gasteiger partial charge on any atom is 0.161 e. The van der Waals surface area contributed by atoms with Crippen LogP contribution in [-0.4, -0.2) is 12.6 Å². The Morgan fingerprint density at radius 2 is 1.66 bits per heavy atom. The topological polar surface area (TPSA) is 30.5 Å². The van der Waals surface area contributed by atoms with Crippen molar-refractivity contribution in [1.82, 2.24) is 5.32 Å². The van der Waals surface area contributed by atoms with Gasteiger partial charge in [-0.2, -0.15) is 0 Å². The molecule has 0 heterocycles. The Morgan fingerprint density at radius 1 is 0.969 bits per heavy atom. The average Bonchev–Trinajstić information content (AvgIpc) is 2.77. The number of ether oxygens (including phenoxy) is 2. The second-order valence-electron chi connectivity index (χ2n) is 10.5. The molecule has 4 aliphatic rings. The molecule has 0 aliphatic heterocycles. The summed E-state index contributed by atoms with van der Waals surface area (Å²) in [7, 11) is 0. The van der Waals surface area contributed by atoms with E-state index in [0.717, 1.165) is 46.4 Å². The third kappa shape index (κ3) is 4.52. The number of nitrogens with one attached hydrogen (secondary N) is 1. The van der Waals surface area contributed by atoms with Crippen molar-refractivity contribution in [1.29, 1.82) is 0 Å². The number of halogens is 1. The van der Waals surface area contributed by atoms with E-state index in [-0.39, 0.29) is 0 Å². The van der Waals surface area contributed by atoms with Gasteiger partial charge in [0.2, 0.25) is 0 Å². The largest absolute Gasteiger partial charge is 0.490 e. The van der Waals surface area contributed by atoms with Crippen LogP contribution in [0.5, 0.6) is 11.5 Å². The van der Waals surface area contributed by atoms with Crippen molar-refractivity contribution in [2.75, 3.05) is 6.61 Å². The van der Waals surface area contributed by atoms with E-state index < -0.39 is 0 Å². The van der Waals surface area contributed by atoms with Crippen LogP contribution < -0.4 is 14.8 Å². The van der Waals surface area contributed by atoms with Gasteiger partial charge in [-0.3, -0.25) is 0 Å². The van der Waals surface area contributed by atoms with Crippen LogP contribution in [0.4, 0.5) is 0 Å². The molecule has 32 heavy (non-hydrogen) atoms. The zero-order valence-electron chi connectivity index (χ0n) is 19.4. The summed E-state index contributed by atoms with van der Waals surface area (Å²) in [6.45, 7) is 6.35. The highest BCUT2D eigenvalue weighted by molar-refractivity contribution is 6.31. The standard InChI is InChI=1S/C28H36ClNO2/c1-3-31-27-13-20(8-9-26(27)32-18-24-6-4-5-7-25(24)29)17-30-19(2)28-14-21-10-22(15-28)12-23(11-21)16-28/h4-9,13,19,21-23,30H,3,10-12,14-18H2,1-2H3/t19-,21?,22?,23?,28?/m0/s1. The fourth-order valence-electron chi connectivity index (χ4n) is 7.02. The van der Waals surface area contributed by atoms with E-state index in [1.165, 1.54) is 44.1 Å². The second-order valence-corrected chi connectivity index (χ2v) is 10.9. The highest BCUT2D eigenvalue weighted by Crippen LogP contribution is 2.61. The third-order valence-electron chi connectivity index (χ3n) is 8.27. The van der Waals surface area contributed by atoms with Gasteiger partial charge in [-0.1, -0.05) is 35.9 Å². The van der Waals surface area contributed by atoms with Gasteiger partial charge in [0.15, 0.2) is 11.5 Å². The molecule has 4 aliphatic carbocycles. The van der Waals surface area contributed by atoms with Gasteiger partial charge in [-0.05, 0) is 99.3 Å². The average molecular weight is 454 g/mol. The minimum atomic E-state index is 0.431. The summed E-state index contributed by atoms with van der Waals surface area (Å²) >= 11 is 6.28. The third-order valence-corrected chi connectivity index (χ3v) is 8.63. The summed E-state index contributed by atoms with van der Waals surface area (Å²) in [6.07, 6.45) is 8.81. The molecule has 172 valence electrons. The van der Waals surface area contributed by atoms with Crippen molar-refractivity contribution in [3.05, 3.63) is 58.6 Å². The lowest BCUT2D eigenvalue weighted by molar-refractivity contribution is -0.0706. The normalized spacial score (nSPS) is 29.2. The first kappa shape index (κ1) is 22.1. The van der Waals surface area contributed by atoms with Crippen molar-refractivity contribution in [3.63, 3.8) is 0 Å². The Bertz CT molecular complexity index is 907. The molecule has 0 radical (unpaired) electrons. The predicted molar refractivity (Wildman–Crippen MR) is 130 cm³/mol. The second kappa shape index (κ2) is 9.27. The lowest BCUT2D eigenvalue weighted by Gasteiger charge is -2.59. The molecule has 3 nitrogen and oxygen atoms in total. The summed E-state index contributed by atoms with van der Waals surface area (Å²) < 4.78 is 12.0. The van der Waals surface area contributed by atoms with Crippen LogP contribution in [0.1, 0.15) is 63.5 Å². The molecule has 1 atom stereocenters. The van der Waals surface area contributed by atoms with Crippen molar-refractivity contribution < 1.29 is 9.47 Å². The van der Waals surface area contributed by atoms with Crippen molar-refractivity contribution in [2.45, 2.75) is 71.6 Å². The molecule has 2 aromatic carbocycles. The maximum atomic E-state index is 6.28. The Balaban J connectivity index is 1.23. The number of hydrogen-bond donors (Lipinski definition) is 1. The van der Waals surface area contributed by atoms with Crippen LogP contribution in [0.2, 0.25) is 5.02 Å². The molecule has 0 saturated heterocycles. The number of rotatable bonds is 9. The molecule has 4 fully saturated rings. The van der Waals surface area contributed by atoms with Crippen molar-refractivity contribution in [2.24, 2.45) is 23.2 Å². The molecule has 0 amide bonds. The molecular formula is C28H36ClNO2. The first-order valence-electron chi connectivity index (χ1n) is 12.4. The molecule has 0 aromatic heterocycles. The Morgan fingerprint density at radius 3 is 2.31 bits per heavy atom. The lowest BCUT2D eigenvalue weighted by atomic mass is 9.48. The van der Waals surface area contributed by atoms with E-state index in [1.807, 2.05) is 37.3 Å². The molecule has 4 bridgehead atoms. The van der Waals surface area contributed by atoms with E-state index in [0.29, 0.717) is 24.7 Å². The molecule has 6 rings (SSSR count). The summed E-state index contributed by atoms with van der Waals surface area (Å²) in [5.74, 6) is 4.55. The van der Waals surface area contributed by atoms with Gasteiger partial charge in [0, 0.05) is 23.2 Å². The SMILES string of the molecule is CCOc1cc(CN[C@@H](C)C23CC4CC(CC(C4)C2)C3)ccc1OCc1ccccc1Cl. The Kier molecular flexibility index (Phi) is 6.40. The van der Waals surface area contributed by atoms with E-state index in [2.05, 4.69) is 24.4 Å². The Hall–Kier alpha value is -1.71. The van der Waals surface area contributed by atoms with Crippen LogP contribution >= 0.6 is 11.6 Å². The first-order valence-corrected chi connectivity index (χ1v) is 12.8. The molecule has 4 saturated carbocycles. The zero-order valence-corrected chi connectivity index (χ0v) is 20.2. The number of benzene rings is 2. The molecular weight excluding hydrogens is 418 g/mol. The van der Waals surface area contributed by atoms with Gasteiger partial charge >= 0.3 is 0 Å². The van der Waals surface area contributed by atoms with Gasteiger partial charge < -0.3 is 14.8 Å². The summed E-state index contributed by atoms with van der Waals surface area (Å²) in [4.78, 5) is 0. The van der Waals surface area contributed by atoms with Crippen LogP contribution in [0.25, 0.3) is 0 Å².